The Hall–Kier alpha value is -1.73. The first-order valence-corrected chi connectivity index (χ1v) is 7.87. The van der Waals surface area contributed by atoms with Gasteiger partial charge in [-0.3, -0.25) is 9.59 Å². The molecule has 0 radical (unpaired) electrons. The van der Waals surface area contributed by atoms with Gasteiger partial charge in [-0.15, -0.1) is 10.2 Å². The van der Waals surface area contributed by atoms with Gasteiger partial charge in [0.15, 0.2) is 10.1 Å². The molecule has 5 nitrogen and oxygen atoms in total. The van der Waals surface area contributed by atoms with E-state index in [1.165, 1.54) is 23.1 Å². The largest absolute Gasteiger partial charge is 0.326 e. The zero-order chi connectivity index (χ0) is 14.4. The third-order valence-electron chi connectivity index (χ3n) is 2.48. The van der Waals surface area contributed by atoms with Crippen molar-refractivity contribution < 1.29 is 9.59 Å². The van der Waals surface area contributed by atoms with Gasteiger partial charge in [-0.2, -0.15) is 0 Å². The summed E-state index contributed by atoms with van der Waals surface area (Å²) in [4.78, 5) is 23.2. The minimum atomic E-state index is -0.0455. The molecule has 0 aliphatic rings. The Kier molecular flexibility index (Phi) is 5.25. The average Bonchev–Trinajstić information content (AvgIpc) is 2.98. The second kappa shape index (κ2) is 7.16. The zero-order valence-corrected chi connectivity index (χ0v) is 12.5. The highest BCUT2D eigenvalue weighted by molar-refractivity contribution is 8.01. The van der Waals surface area contributed by atoms with Crippen molar-refractivity contribution >= 4 is 40.5 Å². The number of carbonyl (C=O) groups excluding carboxylic acids is 2. The number of hydrogen-bond donors (Lipinski definition) is 1. The van der Waals surface area contributed by atoms with Crippen molar-refractivity contribution in [1.29, 1.82) is 0 Å². The molecule has 0 aliphatic carbocycles. The van der Waals surface area contributed by atoms with Crippen LogP contribution in [-0.4, -0.2) is 27.6 Å². The lowest BCUT2D eigenvalue weighted by atomic mass is 10.1. The fourth-order valence-corrected chi connectivity index (χ4v) is 2.81. The number of aromatic nitrogens is 2. The van der Waals surface area contributed by atoms with Crippen LogP contribution in [0.3, 0.4) is 0 Å². The van der Waals surface area contributed by atoms with Crippen LogP contribution in [0.15, 0.2) is 34.1 Å². The molecule has 0 fully saturated rings. The summed E-state index contributed by atoms with van der Waals surface area (Å²) in [6, 6.07) is 6.90. The number of benzene rings is 1. The Balaban J connectivity index is 1.91. The standard InChI is InChI=1S/C13H13N3O2S2/c1-2-12(18)15-10-5-3-9(4-6-10)11(17)7-19-13-16-14-8-20-13/h3-6,8H,2,7H2,1H3,(H,15,18). The number of Topliss-reactive ketones (excluding diaryl/α,β-unsaturated/α-hetero) is 1. The van der Waals surface area contributed by atoms with Crippen LogP contribution in [-0.2, 0) is 4.79 Å². The third kappa shape index (κ3) is 4.14. The highest BCUT2D eigenvalue weighted by atomic mass is 32.2. The summed E-state index contributed by atoms with van der Waals surface area (Å²) in [6.45, 7) is 1.79. The number of anilines is 1. The van der Waals surface area contributed by atoms with E-state index in [0.717, 1.165) is 4.34 Å². The quantitative estimate of drug-likeness (QED) is 0.656. The van der Waals surface area contributed by atoms with Gasteiger partial charge in [0.1, 0.15) is 5.51 Å². The number of ketones is 1. The minimum Gasteiger partial charge on any atom is -0.326 e. The van der Waals surface area contributed by atoms with Gasteiger partial charge >= 0.3 is 0 Å². The number of hydrogen-bond acceptors (Lipinski definition) is 6. The Morgan fingerprint density at radius 3 is 2.65 bits per heavy atom. The van der Waals surface area contributed by atoms with E-state index < -0.39 is 0 Å². The molecule has 104 valence electrons. The number of carbonyl (C=O) groups is 2. The van der Waals surface area contributed by atoms with Crippen molar-refractivity contribution in [1.82, 2.24) is 10.2 Å². The number of nitrogens with zero attached hydrogens (tertiary/aromatic N) is 2. The fraction of sp³-hybridized carbons (Fsp3) is 0.231. The predicted octanol–water partition coefficient (Wildman–Crippen LogP) is 2.86. The Bertz CT molecular complexity index is 582. The average molecular weight is 307 g/mol. The van der Waals surface area contributed by atoms with E-state index in [4.69, 9.17) is 0 Å². The minimum absolute atomic E-state index is 0.0265. The van der Waals surface area contributed by atoms with E-state index in [0.29, 0.717) is 23.4 Å². The molecule has 0 aliphatic heterocycles. The van der Waals surface area contributed by atoms with E-state index in [1.807, 2.05) is 0 Å². The highest BCUT2D eigenvalue weighted by Gasteiger charge is 2.08. The van der Waals surface area contributed by atoms with Crippen molar-refractivity contribution in [2.24, 2.45) is 0 Å². The maximum absolute atomic E-state index is 12.0. The van der Waals surface area contributed by atoms with Crippen molar-refractivity contribution in [2.45, 2.75) is 17.7 Å². The summed E-state index contributed by atoms with van der Waals surface area (Å²) in [5.74, 6) is 0.310. The first-order valence-electron chi connectivity index (χ1n) is 6.01. The summed E-state index contributed by atoms with van der Waals surface area (Å²) >= 11 is 2.79. The highest BCUT2D eigenvalue weighted by Crippen LogP contribution is 2.20. The van der Waals surface area contributed by atoms with E-state index >= 15 is 0 Å². The number of thioether (sulfide) groups is 1. The molecule has 1 heterocycles. The summed E-state index contributed by atoms with van der Waals surface area (Å²) in [5.41, 5.74) is 2.96. The molecule has 0 atom stereocenters. The summed E-state index contributed by atoms with van der Waals surface area (Å²) in [7, 11) is 0. The molecule has 2 aromatic rings. The van der Waals surface area contributed by atoms with Crippen molar-refractivity contribution in [3.63, 3.8) is 0 Å². The van der Waals surface area contributed by atoms with Crippen LogP contribution in [0.25, 0.3) is 0 Å². The molecule has 1 aromatic heterocycles. The topological polar surface area (TPSA) is 72.0 Å². The van der Waals surface area contributed by atoms with Gasteiger partial charge in [-0.05, 0) is 24.3 Å². The molecule has 7 heteroatoms. The van der Waals surface area contributed by atoms with Gasteiger partial charge in [-0.25, -0.2) is 0 Å². The molecule has 1 amide bonds. The molecule has 0 bridgehead atoms. The normalized spacial score (nSPS) is 10.2. The molecule has 0 spiro atoms. The molecular weight excluding hydrogens is 294 g/mol. The van der Waals surface area contributed by atoms with Gasteiger partial charge in [0.05, 0.1) is 5.75 Å². The fourth-order valence-electron chi connectivity index (χ4n) is 1.43. The molecule has 0 unspecified atom stereocenters. The monoisotopic (exact) mass is 307 g/mol. The van der Waals surface area contributed by atoms with Gasteiger partial charge in [0, 0.05) is 17.7 Å². The molecule has 1 aromatic carbocycles. The van der Waals surface area contributed by atoms with Crippen LogP contribution in [0.1, 0.15) is 23.7 Å². The van der Waals surface area contributed by atoms with Crippen LogP contribution in [0.4, 0.5) is 5.69 Å². The van der Waals surface area contributed by atoms with E-state index in [1.54, 1.807) is 36.7 Å². The van der Waals surface area contributed by atoms with Crippen molar-refractivity contribution in [3.05, 3.63) is 35.3 Å². The van der Waals surface area contributed by atoms with Crippen LogP contribution in [0, 0.1) is 0 Å². The number of nitrogens with one attached hydrogen (secondary N) is 1. The van der Waals surface area contributed by atoms with E-state index in [-0.39, 0.29) is 11.7 Å². The van der Waals surface area contributed by atoms with Gasteiger partial charge < -0.3 is 5.32 Å². The second-order valence-electron chi connectivity index (χ2n) is 3.90. The number of amides is 1. The summed E-state index contributed by atoms with van der Waals surface area (Å²) < 4.78 is 0.783. The van der Waals surface area contributed by atoms with Crippen molar-refractivity contribution in [3.8, 4) is 0 Å². The number of rotatable bonds is 6. The molecule has 20 heavy (non-hydrogen) atoms. The lowest BCUT2D eigenvalue weighted by molar-refractivity contribution is -0.115. The zero-order valence-electron chi connectivity index (χ0n) is 10.8. The molecular formula is C13H13N3O2S2. The summed E-state index contributed by atoms with van der Waals surface area (Å²) in [6.07, 6.45) is 0.430. The Morgan fingerprint density at radius 1 is 1.30 bits per heavy atom. The molecule has 0 saturated heterocycles. The Morgan fingerprint density at radius 2 is 2.05 bits per heavy atom. The molecule has 0 saturated carbocycles. The molecule has 2 rings (SSSR count). The SMILES string of the molecule is CCC(=O)Nc1ccc(C(=O)CSc2nncs2)cc1. The van der Waals surface area contributed by atoms with Gasteiger partial charge in [0.25, 0.3) is 0 Å². The third-order valence-corrected chi connectivity index (χ3v) is 4.34. The first kappa shape index (κ1) is 14.7. The lowest BCUT2D eigenvalue weighted by Crippen LogP contribution is -2.09. The lowest BCUT2D eigenvalue weighted by Gasteiger charge is -2.04. The second-order valence-corrected chi connectivity index (χ2v) is 5.95. The molecule has 1 N–H and O–H groups in total. The summed E-state index contributed by atoms with van der Waals surface area (Å²) in [5, 5.41) is 10.3. The smallest absolute Gasteiger partial charge is 0.224 e. The predicted molar refractivity (Wildman–Crippen MR) is 80.3 cm³/mol. The maximum atomic E-state index is 12.0. The Labute approximate surface area is 124 Å². The van der Waals surface area contributed by atoms with Crippen LogP contribution in [0.2, 0.25) is 0 Å². The van der Waals surface area contributed by atoms with Crippen LogP contribution < -0.4 is 5.32 Å². The van der Waals surface area contributed by atoms with E-state index in [9.17, 15) is 9.59 Å². The van der Waals surface area contributed by atoms with E-state index in [2.05, 4.69) is 15.5 Å². The van der Waals surface area contributed by atoms with Crippen molar-refractivity contribution in [2.75, 3.05) is 11.1 Å². The van der Waals surface area contributed by atoms with Crippen LogP contribution in [0.5, 0.6) is 0 Å². The van der Waals surface area contributed by atoms with Crippen LogP contribution >= 0.6 is 23.1 Å². The maximum Gasteiger partial charge on any atom is 0.224 e. The van der Waals surface area contributed by atoms with Gasteiger partial charge in [0.2, 0.25) is 5.91 Å². The van der Waals surface area contributed by atoms with Gasteiger partial charge in [-0.1, -0.05) is 30.0 Å². The first-order chi connectivity index (χ1) is 9.69.